The summed E-state index contributed by atoms with van der Waals surface area (Å²) in [7, 11) is 1.64. The highest BCUT2D eigenvalue weighted by atomic mass is 16.6. The van der Waals surface area contributed by atoms with Crippen LogP contribution in [0.4, 0.5) is 0 Å². The molecule has 0 aliphatic carbocycles. The maximum absolute atomic E-state index is 12.3. The first kappa shape index (κ1) is 18.7. The summed E-state index contributed by atoms with van der Waals surface area (Å²) >= 11 is 0. The van der Waals surface area contributed by atoms with Crippen molar-refractivity contribution < 1.29 is 14.3 Å². The third kappa shape index (κ3) is 7.08. The SMILES string of the molecule is CCCCc1cccc(C(=O)OC(CCC(C)C)COC)c1. The monoisotopic (exact) mass is 306 g/mol. The van der Waals surface area contributed by atoms with Crippen molar-refractivity contribution >= 4 is 5.97 Å². The van der Waals surface area contributed by atoms with Crippen LogP contribution in [0.1, 0.15) is 62.4 Å². The molecule has 1 aromatic carbocycles. The number of carbonyl (C=O) groups excluding carboxylic acids is 1. The fraction of sp³-hybridized carbons (Fsp3) is 0.632. The molecule has 0 radical (unpaired) electrons. The van der Waals surface area contributed by atoms with Crippen LogP contribution >= 0.6 is 0 Å². The van der Waals surface area contributed by atoms with Gasteiger partial charge < -0.3 is 9.47 Å². The van der Waals surface area contributed by atoms with Crippen LogP contribution in [0, 0.1) is 5.92 Å². The van der Waals surface area contributed by atoms with E-state index in [-0.39, 0.29) is 12.1 Å². The number of esters is 1. The molecule has 0 saturated carbocycles. The Morgan fingerprint density at radius 2 is 2.00 bits per heavy atom. The number of unbranched alkanes of at least 4 members (excludes halogenated alkanes) is 1. The van der Waals surface area contributed by atoms with Gasteiger partial charge in [0.15, 0.2) is 0 Å². The molecule has 0 amide bonds. The largest absolute Gasteiger partial charge is 0.456 e. The van der Waals surface area contributed by atoms with Gasteiger partial charge in [0.05, 0.1) is 12.2 Å². The highest BCUT2D eigenvalue weighted by Crippen LogP contribution is 2.14. The molecule has 1 unspecified atom stereocenters. The van der Waals surface area contributed by atoms with Crippen LogP contribution in [-0.2, 0) is 15.9 Å². The molecule has 3 heteroatoms. The maximum Gasteiger partial charge on any atom is 0.338 e. The molecule has 0 fully saturated rings. The zero-order valence-corrected chi connectivity index (χ0v) is 14.4. The Balaban J connectivity index is 2.64. The number of hydrogen-bond donors (Lipinski definition) is 0. The molecule has 0 N–H and O–H groups in total. The average Bonchev–Trinajstić information content (AvgIpc) is 2.51. The summed E-state index contributed by atoms with van der Waals surface area (Å²) in [5, 5.41) is 0. The molecule has 1 atom stereocenters. The second-order valence-corrected chi connectivity index (χ2v) is 6.26. The first-order valence-electron chi connectivity index (χ1n) is 8.35. The minimum atomic E-state index is -0.246. The molecule has 1 rings (SSSR count). The van der Waals surface area contributed by atoms with Gasteiger partial charge in [-0.25, -0.2) is 4.79 Å². The van der Waals surface area contributed by atoms with Gasteiger partial charge in [-0.3, -0.25) is 0 Å². The van der Waals surface area contributed by atoms with E-state index >= 15 is 0 Å². The van der Waals surface area contributed by atoms with E-state index in [1.165, 1.54) is 5.56 Å². The van der Waals surface area contributed by atoms with Crippen molar-refractivity contribution in [3.63, 3.8) is 0 Å². The summed E-state index contributed by atoms with van der Waals surface area (Å²) in [6.45, 7) is 6.96. The van der Waals surface area contributed by atoms with Crippen molar-refractivity contribution in [2.24, 2.45) is 5.92 Å². The maximum atomic E-state index is 12.3. The first-order chi connectivity index (χ1) is 10.6. The molecular formula is C19H30O3. The van der Waals surface area contributed by atoms with Crippen LogP contribution in [0.25, 0.3) is 0 Å². The molecule has 124 valence electrons. The van der Waals surface area contributed by atoms with Crippen molar-refractivity contribution in [3.05, 3.63) is 35.4 Å². The van der Waals surface area contributed by atoms with Crippen molar-refractivity contribution in [2.75, 3.05) is 13.7 Å². The Morgan fingerprint density at radius 3 is 2.64 bits per heavy atom. The lowest BCUT2D eigenvalue weighted by Crippen LogP contribution is -2.23. The van der Waals surface area contributed by atoms with Gasteiger partial charge in [0.2, 0.25) is 0 Å². The number of ether oxygens (including phenoxy) is 2. The van der Waals surface area contributed by atoms with E-state index in [0.717, 1.165) is 32.1 Å². The molecule has 0 heterocycles. The minimum Gasteiger partial charge on any atom is -0.456 e. The van der Waals surface area contributed by atoms with Crippen LogP contribution in [0.2, 0.25) is 0 Å². The topological polar surface area (TPSA) is 35.5 Å². The van der Waals surface area contributed by atoms with E-state index in [1.54, 1.807) is 7.11 Å². The van der Waals surface area contributed by atoms with Gasteiger partial charge in [0, 0.05) is 7.11 Å². The van der Waals surface area contributed by atoms with Gasteiger partial charge in [-0.15, -0.1) is 0 Å². The Hall–Kier alpha value is -1.35. The smallest absolute Gasteiger partial charge is 0.338 e. The van der Waals surface area contributed by atoms with Crippen LogP contribution < -0.4 is 0 Å². The second-order valence-electron chi connectivity index (χ2n) is 6.26. The molecule has 0 saturated heterocycles. The van der Waals surface area contributed by atoms with Crippen molar-refractivity contribution in [1.82, 2.24) is 0 Å². The van der Waals surface area contributed by atoms with Gasteiger partial charge in [0.1, 0.15) is 6.10 Å². The van der Waals surface area contributed by atoms with E-state index in [9.17, 15) is 4.79 Å². The van der Waals surface area contributed by atoms with Crippen LogP contribution in [0.3, 0.4) is 0 Å². The molecular weight excluding hydrogens is 276 g/mol. The summed E-state index contributed by atoms with van der Waals surface area (Å²) in [6.07, 6.45) is 5.00. The Bertz CT molecular complexity index is 440. The van der Waals surface area contributed by atoms with Gasteiger partial charge in [-0.05, 0) is 49.3 Å². The van der Waals surface area contributed by atoms with Crippen LogP contribution in [-0.4, -0.2) is 25.8 Å². The van der Waals surface area contributed by atoms with E-state index < -0.39 is 0 Å². The zero-order valence-electron chi connectivity index (χ0n) is 14.4. The van der Waals surface area contributed by atoms with Crippen molar-refractivity contribution in [3.8, 4) is 0 Å². The lowest BCUT2D eigenvalue weighted by atomic mass is 10.0. The summed E-state index contributed by atoms with van der Waals surface area (Å²) in [5.41, 5.74) is 1.83. The summed E-state index contributed by atoms with van der Waals surface area (Å²) < 4.78 is 10.8. The lowest BCUT2D eigenvalue weighted by Gasteiger charge is -2.18. The fourth-order valence-corrected chi connectivity index (χ4v) is 2.34. The van der Waals surface area contributed by atoms with E-state index in [4.69, 9.17) is 9.47 Å². The Kier molecular flexibility index (Phi) is 8.83. The Morgan fingerprint density at radius 1 is 1.23 bits per heavy atom. The molecule has 0 aromatic heterocycles. The van der Waals surface area contributed by atoms with Gasteiger partial charge in [0.25, 0.3) is 0 Å². The third-order valence-electron chi connectivity index (χ3n) is 3.67. The van der Waals surface area contributed by atoms with Gasteiger partial charge in [-0.2, -0.15) is 0 Å². The Labute approximate surface area is 135 Å². The number of hydrogen-bond acceptors (Lipinski definition) is 3. The summed E-state index contributed by atoms with van der Waals surface area (Å²) in [5.74, 6) is 0.347. The molecule has 22 heavy (non-hydrogen) atoms. The summed E-state index contributed by atoms with van der Waals surface area (Å²) in [4.78, 5) is 12.3. The molecule has 0 bridgehead atoms. The lowest BCUT2D eigenvalue weighted by molar-refractivity contribution is 0.00155. The number of benzene rings is 1. The highest BCUT2D eigenvalue weighted by molar-refractivity contribution is 5.89. The van der Waals surface area contributed by atoms with E-state index in [1.807, 2.05) is 18.2 Å². The standard InChI is InChI=1S/C19H30O3/c1-5-6-8-16-9-7-10-17(13-16)19(20)22-18(14-21-4)12-11-15(2)3/h7,9-10,13,15,18H,5-6,8,11-12,14H2,1-4H3. The predicted octanol–water partition coefficient (Wildman–Crippen LogP) is 4.64. The van der Waals surface area contributed by atoms with E-state index in [0.29, 0.717) is 18.1 Å². The number of aryl methyl sites for hydroxylation is 1. The van der Waals surface area contributed by atoms with Gasteiger partial charge in [-0.1, -0.05) is 39.3 Å². The molecule has 0 aliphatic rings. The number of rotatable bonds is 10. The van der Waals surface area contributed by atoms with Crippen LogP contribution in [0.5, 0.6) is 0 Å². The van der Waals surface area contributed by atoms with Gasteiger partial charge >= 0.3 is 5.97 Å². The molecule has 3 nitrogen and oxygen atoms in total. The van der Waals surface area contributed by atoms with Crippen molar-refractivity contribution in [1.29, 1.82) is 0 Å². The molecule has 0 spiro atoms. The van der Waals surface area contributed by atoms with Crippen molar-refractivity contribution in [2.45, 2.75) is 59.0 Å². The normalized spacial score (nSPS) is 12.4. The predicted molar refractivity (Wildman–Crippen MR) is 90.2 cm³/mol. The summed E-state index contributed by atoms with van der Waals surface area (Å²) in [6, 6.07) is 7.77. The molecule has 1 aromatic rings. The molecule has 0 aliphatic heterocycles. The zero-order chi connectivity index (χ0) is 16.4. The van der Waals surface area contributed by atoms with Crippen LogP contribution in [0.15, 0.2) is 24.3 Å². The minimum absolute atomic E-state index is 0.167. The quantitative estimate of drug-likeness (QED) is 0.591. The number of methoxy groups -OCH3 is 1. The van der Waals surface area contributed by atoms with E-state index in [2.05, 4.69) is 26.8 Å². The highest BCUT2D eigenvalue weighted by Gasteiger charge is 2.16. The third-order valence-corrected chi connectivity index (χ3v) is 3.67. The fourth-order valence-electron chi connectivity index (χ4n) is 2.34. The number of carbonyl (C=O) groups is 1. The second kappa shape index (κ2) is 10.4. The first-order valence-corrected chi connectivity index (χ1v) is 8.35. The average molecular weight is 306 g/mol.